The van der Waals surface area contributed by atoms with Crippen molar-refractivity contribution in [2.75, 3.05) is 12.8 Å². The van der Waals surface area contributed by atoms with E-state index in [2.05, 4.69) is 36.1 Å². The molecule has 2 heterocycles. The van der Waals surface area contributed by atoms with E-state index in [1.54, 1.807) is 0 Å². The number of hydrogen-bond acceptors (Lipinski definition) is 3. The third kappa shape index (κ3) is 3.47. The van der Waals surface area contributed by atoms with Gasteiger partial charge in [0.25, 0.3) is 0 Å². The monoisotopic (exact) mass is 301 g/mol. The number of thioether (sulfide) groups is 1. The number of aromatic nitrogens is 2. The maximum atomic E-state index is 6.45. The van der Waals surface area contributed by atoms with Gasteiger partial charge in [-0.2, -0.15) is 16.9 Å². The van der Waals surface area contributed by atoms with E-state index in [1.807, 2.05) is 11.7 Å². The van der Waals surface area contributed by atoms with Crippen LogP contribution in [0, 0.1) is 0 Å². The normalized spacial score (nSPS) is 21.6. The van der Waals surface area contributed by atoms with Crippen molar-refractivity contribution in [3.8, 4) is 0 Å². The first-order valence-corrected chi connectivity index (χ1v) is 8.59. The van der Waals surface area contributed by atoms with Gasteiger partial charge in [-0.25, -0.2) is 0 Å². The summed E-state index contributed by atoms with van der Waals surface area (Å²) in [7, 11) is 4.06. The number of rotatable bonds is 5. The summed E-state index contributed by atoms with van der Waals surface area (Å²) in [6, 6.07) is 0.489. The molecule has 108 valence electrons. The van der Waals surface area contributed by atoms with E-state index >= 15 is 0 Å². The minimum Gasteiger partial charge on any atom is -0.316 e. The topological polar surface area (TPSA) is 29.9 Å². The van der Waals surface area contributed by atoms with Gasteiger partial charge in [-0.15, -0.1) is 0 Å². The molecule has 1 aliphatic heterocycles. The average molecular weight is 302 g/mol. The molecule has 2 unspecified atom stereocenters. The summed E-state index contributed by atoms with van der Waals surface area (Å²) in [6.45, 7) is 2.10. The van der Waals surface area contributed by atoms with Gasteiger partial charge in [0.05, 0.1) is 16.4 Å². The molecule has 0 aromatic carbocycles. The fourth-order valence-corrected chi connectivity index (χ4v) is 4.59. The highest BCUT2D eigenvalue weighted by Crippen LogP contribution is 2.30. The largest absolute Gasteiger partial charge is 0.316 e. The van der Waals surface area contributed by atoms with Crippen LogP contribution in [0.25, 0.3) is 0 Å². The Labute approximate surface area is 125 Å². The summed E-state index contributed by atoms with van der Waals surface area (Å²) in [4.78, 5) is 0. The van der Waals surface area contributed by atoms with Crippen molar-refractivity contribution in [2.24, 2.45) is 7.05 Å². The standard InChI is InChI=1S/C14H24ClN3S/c1-4-10-14(15)12(18(3)17-10)9-11(16-2)13-7-5-6-8-19-13/h11,13,16H,4-9H2,1-3H3. The van der Waals surface area contributed by atoms with Gasteiger partial charge in [0, 0.05) is 24.8 Å². The van der Waals surface area contributed by atoms with Crippen LogP contribution >= 0.6 is 23.4 Å². The van der Waals surface area contributed by atoms with E-state index in [4.69, 9.17) is 11.6 Å². The second kappa shape index (κ2) is 7.00. The van der Waals surface area contributed by atoms with E-state index in [0.717, 1.165) is 23.6 Å². The molecule has 5 heteroatoms. The summed E-state index contributed by atoms with van der Waals surface area (Å²) < 4.78 is 1.96. The maximum absolute atomic E-state index is 6.45. The van der Waals surface area contributed by atoms with Gasteiger partial charge in [0.2, 0.25) is 0 Å². The Bertz CT molecular complexity index is 413. The number of hydrogen-bond donors (Lipinski definition) is 1. The lowest BCUT2D eigenvalue weighted by molar-refractivity contribution is 0.482. The fourth-order valence-electron chi connectivity index (χ4n) is 2.75. The molecule has 1 fully saturated rings. The predicted octanol–water partition coefficient (Wildman–Crippen LogP) is 3.05. The minimum atomic E-state index is 0.489. The molecular weight excluding hydrogens is 278 g/mol. The van der Waals surface area contributed by atoms with Gasteiger partial charge in [-0.1, -0.05) is 24.9 Å². The molecule has 19 heavy (non-hydrogen) atoms. The fraction of sp³-hybridized carbons (Fsp3) is 0.786. The van der Waals surface area contributed by atoms with Gasteiger partial charge in [0.1, 0.15) is 0 Å². The zero-order valence-corrected chi connectivity index (χ0v) is 13.7. The Balaban J connectivity index is 2.11. The van der Waals surface area contributed by atoms with Crippen LogP contribution in [0.15, 0.2) is 0 Å². The summed E-state index contributed by atoms with van der Waals surface area (Å²) in [6.07, 6.45) is 5.90. The maximum Gasteiger partial charge on any atom is 0.0850 e. The smallest absolute Gasteiger partial charge is 0.0850 e. The van der Waals surface area contributed by atoms with Crippen molar-refractivity contribution in [1.29, 1.82) is 0 Å². The Hall–Kier alpha value is -0.190. The van der Waals surface area contributed by atoms with Gasteiger partial charge in [-0.05, 0) is 32.1 Å². The van der Waals surface area contributed by atoms with E-state index in [0.29, 0.717) is 11.3 Å². The van der Waals surface area contributed by atoms with Crippen LogP contribution in [-0.2, 0) is 19.9 Å². The SMILES string of the molecule is CCc1nn(C)c(CC(NC)C2CCCCS2)c1Cl. The Morgan fingerprint density at radius 1 is 1.53 bits per heavy atom. The first-order valence-electron chi connectivity index (χ1n) is 7.16. The lowest BCUT2D eigenvalue weighted by atomic mass is 10.0. The lowest BCUT2D eigenvalue weighted by Crippen LogP contribution is -2.39. The van der Waals surface area contributed by atoms with Crippen LogP contribution in [0.5, 0.6) is 0 Å². The first-order chi connectivity index (χ1) is 9.17. The highest BCUT2D eigenvalue weighted by atomic mass is 35.5. The van der Waals surface area contributed by atoms with Crippen LogP contribution in [0.3, 0.4) is 0 Å². The van der Waals surface area contributed by atoms with Crippen LogP contribution in [-0.4, -0.2) is 33.9 Å². The molecule has 0 saturated carbocycles. The Kier molecular flexibility index (Phi) is 5.60. The molecule has 2 atom stereocenters. The Morgan fingerprint density at radius 3 is 2.84 bits per heavy atom. The summed E-state index contributed by atoms with van der Waals surface area (Å²) in [5, 5.41) is 9.56. The number of halogens is 1. The third-order valence-corrected chi connectivity index (χ3v) is 5.90. The van der Waals surface area contributed by atoms with Crippen LogP contribution in [0.2, 0.25) is 5.02 Å². The molecule has 1 aliphatic rings. The second-order valence-corrected chi connectivity index (χ2v) is 6.91. The van der Waals surface area contributed by atoms with Gasteiger partial charge < -0.3 is 5.32 Å². The molecule has 3 nitrogen and oxygen atoms in total. The van der Waals surface area contributed by atoms with Gasteiger partial charge >= 0.3 is 0 Å². The quantitative estimate of drug-likeness (QED) is 0.906. The molecule has 0 radical (unpaired) electrons. The number of nitrogens with one attached hydrogen (secondary N) is 1. The second-order valence-electron chi connectivity index (χ2n) is 5.19. The van der Waals surface area contributed by atoms with Crippen molar-refractivity contribution < 1.29 is 0 Å². The van der Waals surface area contributed by atoms with E-state index in [-0.39, 0.29) is 0 Å². The highest BCUT2D eigenvalue weighted by Gasteiger charge is 2.25. The molecule has 1 saturated heterocycles. The summed E-state index contributed by atoms with van der Waals surface area (Å²) in [5.41, 5.74) is 2.19. The average Bonchev–Trinajstić information content (AvgIpc) is 2.72. The highest BCUT2D eigenvalue weighted by molar-refractivity contribution is 8.00. The van der Waals surface area contributed by atoms with Gasteiger partial charge in [0.15, 0.2) is 0 Å². The molecule has 1 aromatic rings. The van der Waals surface area contributed by atoms with Gasteiger partial charge in [-0.3, -0.25) is 4.68 Å². The van der Waals surface area contributed by atoms with E-state index < -0.39 is 0 Å². The van der Waals surface area contributed by atoms with Crippen LogP contribution in [0.1, 0.15) is 37.6 Å². The van der Waals surface area contributed by atoms with Crippen molar-refractivity contribution in [3.05, 3.63) is 16.4 Å². The molecule has 0 bridgehead atoms. The molecule has 0 spiro atoms. The van der Waals surface area contributed by atoms with Crippen molar-refractivity contribution >= 4 is 23.4 Å². The van der Waals surface area contributed by atoms with Crippen molar-refractivity contribution in [1.82, 2.24) is 15.1 Å². The van der Waals surface area contributed by atoms with Crippen molar-refractivity contribution in [2.45, 2.75) is 50.3 Å². The van der Waals surface area contributed by atoms with Crippen molar-refractivity contribution in [3.63, 3.8) is 0 Å². The van der Waals surface area contributed by atoms with Crippen LogP contribution in [0.4, 0.5) is 0 Å². The predicted molar refractivity (Wildman–Crippen MR) is 84.2 cm³/mol. The Morgan fingerprint density at radius 2 is 2.32 bits per heavy atom. The van der Waals surface area contributed by atoms with Crippen LogP contribution < -0.4 is 5.32 Å². The molecular formula is C14H24ClN3S. The number of likely N-dealkylation sites (N-methyl/N-ethyl adjacent to an activating group) is 1. The van der Waals surface area contributed by atoms with E-state index in [9.17, 15) is 0 Å². The third-order valence-electron chi connectivity index (χ3n) is 3.95. The van der Waals surface area contributed by atoms with E-state index in [1.165, 1.54) is 30.7 Å². The molecule has 1 N–H and O–H groups in total. The molecule has 0 amide bonds. The zero-order valence-electron chi connectivity index (χ0n) is 12.1. The summed E-state index contributed by atoms with van der Waals surface area (Å²) >= 11 is 8.56. The zero-order chi connectivity index (χ0) is 13.8. The molecule has 1 aromatic heterocycles. The molecule has 0 aliphatic carbocycles. The first kappa shape index (κ1) is 15.2. The minimum absolute atomic E-state index is 0.489. The number of nitrogens with zero attached hydrogens (tertiary/aromatic N) is 2. The summed E-state index contributed by atoms with van der Waals surface area (Å²) in [5.74, 6) is 1.29. The number of aryl methyl sites for hydroxylation is 2. The lowest BCUT2D eigenvalue weighted by Gasteiger charge is -2.29. The molecule has 2 rings (SSSR count).